The van der Waals surface area contributed by atoms with Gasteiger partial charge in [0.25, 0.3) is 5.69 Å². The molecule has 0 aliphatic rings. The Morgan fingerprint density at radius 3 is 2.48 bits per heavy atom. The van der Waals surface area contributed by atoms with Crippen LogP contribution in [0.15, 0.2) is 23.1 Å². The van der Waals surface area contributed by atoms with Crippen LogP contribution in [0.3, 0.4) is 0 Å². The summed E-state index contributed by atoms with van der Waals surface area (Å²) in [7, 11) is -3.65. The van der Waals surface area contributed by atoms with Crippen LogP contribution in [-0.2, 0) is 10.0 Å². The fourth-order valence-electron chi connectivity index (χ4n) is 1.92. The first-order valence-corrected chi connectivity index (χ1v) is 8.22. The first-order valence-electron chi connectivity index (χ1n) is 6.74. The van der Waals surface area contributed by atoms with Crippen molar-refractivity contribution in [3.63, 3.8) is 0 Å². The van der Waals surface area contributed by atoms with Crippen LogP contribution in [-0.4, -0.2) is 31.6 Å². The summed E-state index contributed by atoms with van der Waals surface area (Å²) in [5.41, 5.74) is 0.215. The first kappa shape index (κ1) is 17.5. The van der Waals surface area contributed by atoms with E-state index >= 15 is 0 Å². The second-order valence-electron chi connectivity index (χ2n) is 4.74. The van der Waals surface area contributed by atoms with E-state index in [0.717, 1.165) is 12.8 Å². The minimum absolute atomic E-state index is 0.0588. The van der Waals surface area contributed by atoms with Crippen LogP contribution in [0.25, 0.3) is 0 Å². The fraction of sp³-hybridized carbons (Fsp3) is 0.538. The monoisotopic (exact) mass is 316 g/mol. The van der Waals surface area contributed by atoms with E-state index in [9.17, 15) is 18.5 Å². The van der Waals surface area contributed by atoms with E-state index in [1.165, 1.54) is 25.1 Å². The summed E-state index contributed by atoms with van der Waals surface area (Å²) in [6.07, 6.45) is 3.09. The lowest BCUT2D eigenvalue weighted by Gasteiger charge is -2.09. The molecule has 0 fully saturated rings. The molecule has 1 aromatic carbocycles. The van der Waals surface area contributed by atoms with Crippen LogP contribution in [0.2, 0.25) is 0 Å². The van der Waals surface area contributed by atoms with Crippen molar-refractivity contribution >= 4 is 15.7 Å². The molecule has 0 bridgehead atoms. The van der Waals surface area contributed by atoms with Crippen LogP contribution >= 0.6 is 0 Å². The standard InChI is InChI=1S/C13H20N2O5S/c1-11-10-12(15(17)18)6-7-13(11)21(19,20)14-8-4-2-3-5-9-16/h6-7,10,14,16H,2-5,8-9H2,1H3. The maximum atomic E-state index is 12.1. The fourth-order valence-corrected chi connectivity index (χ4v) is 3.22. The predicted molar refractivity (Wildman–Crippen MR) is 78.6 cm³/mol. The minimum atomic E-state index is -3.65. The molecule has 0 aromatic heterocycles. The molecule has 0 amide bonds. The van der Waals surface area contributed by atoms with Gasteiger partial charge in [0.15, 0.2) is 0 Å². The van der Waals surface area contributed by atoms with Crippen molar-refractivity contribution < 1.29 is 18.4 Å². The van der Waals surface area contributed by atoms with Gasteiger partial charge in [0.2, 0.25) is 10.0 Å². The van der Waals surface area contributed by atoms with Gasteiger partial charge in [-0.3, -0.25) is 10.1 Å². The third-order valence-corrected chi connectivity index (χ3v) is 4.66. The molecule has 0 unspecified atom stereocenters. The van der Waals surface area contributed by atoms with Gasteiger partial charge in [-0.1, -0.05) is 12.8 Å². The number of hydrogen-bond acceptors (Lipinski definition) is 5. The Bertz CT molecular complexity index is 586. The Kier molecular flexibility index (Phi) is 6.73. The van der Waals surface area contributed by atoms with Gasteiger partial charge in [-0.05, 0) is 31.4 Å². The Morgan fingerprint density at radius 1 is 1.24 bits per heavy atom. The summed E-state index contributed by atoms with van der Waals surface area (Å²) in [5, 5.41) is 19.3. The van der Waals surface area contributed by atoms with E-state index in [2.05, 4.69) is 4.72 Å². The molecule has 118 valence electrons. The molecule has 0 saturated carbocycles. The highest BCUT2D eigenvalue weighted by Gasteiger charge is 2.18. The molecule has 0 aliphatic carbocycles. The number of nitro groups is 1. The van der Waals surface area contributed by atoms with Crippen LogP contribution < -0.4 is 4.72 Å². The Labute approximate surface area is 124 Å². The third kappa shape index (κ3) is 5.41. The lowest BCUT2D eigenvalue weighted by molar-refractivity contribution is -0.385. The van der Waals surface area contributed by atoms with Crippen molar-refractivity contribution in [1.29, 1.82) is 0 Å². The smallest absolute Gasteiger partial charge is 0.269 e. The number of aliphatic hydroxyl groups excluding tert-OH is 1. The number of nitrogens with one attached hydrogen (secondary N) is 1. The second-order valence-corrected chi connectivity index (χ2v) is 6.48. The normalized spacial score (nSPS) is 11.5. The number of unbranched alkanes of at least 4 members (excludes halogenated alkanes) is 3. The number of rotatable bonds is 9. The molecular formula is C13H20N2O5S. The lowest BCUT2D eigenvalue weighted by Crippen LogP contribution is -2.25. The number of aliphatic hydroxyl groups is 1. The summed E-state index contributed by atoms with van der Waals surface area (Å²) in [5.74, 6) is 0. The number of non-ortho nitro benzene ring substituents is 1. The number of benzene rings is 1. The maximum absolute atomic E-state index is 12.1. The van der Waals surface area contributed by atoms with Crippen molar-refractivity contribution in [2.45, 2.75) is 37.5 Å². The maximum Gasteiger partial charge on any atom is 0.269 e. The first-order chi connectivity index (χ1) is 9.88. The summed E-state index contributed by atoms with van der Waals surface area (Å²) < 4.78 is 26.7. The van der Waals surface area contributed by atoms with Gasteiger partial charge in [0, 0.05) is 25.3 Å². The van der Waals surface area contributed by atoms with Gasteiger partial charge in [-0.2, -0.15) is 0 Å². The molecule has 0 aliphatic heterocycles. The van der Waals surface area contributed by atoms with Gasteiger partial charge in [-0.15, -0.1) is 0 Å². The number of hydrogen-bond donors (Lipinski definition) is 2. The number of nitro benzene ring substituents is 1. The lowest BCUT2D eigenvalue weighted by atomic mass is 10.2. The van der Waals surface area contributed by atoms with Crippen LogP contribution in [0, 0.1) is 17.0 Å². The van der Waals surface area contributed by atoms with Crippen molar-refractivity contribution in [3.8, 4) is 0 Å². The number of nitrogens with zero attached hydrogens (tertiary/aromatic N) is 1. The highest BCUT2D eigenvalue weighted by molar-refractivity contribution is 7.89. The summed E-state index contributed by atoms with van der Waals surface area (Å²) >= 11 is 0. The van der Waals surface area contributed by atoms with Crippen molar-refractivity contribution in [2.24, 2.45) is 0 Å². The average molecular weight is 316 g/mol. The van der Waals surface area contributed by atoms with Crippen molar-refractivity contribution in [1.82, 2.24) is 4.72 Å². The molecule has 2 N–H and O–H groups in total. The highest BCUT2D eigenvalue weighted by atomic mass is 32.2. The molecular weight excluding hydrogens is 296 g/mol. The van der Waals surface area contributed by atoms with E-state index in [4.69, 9.17) is 5.11 Å². The van der Waals surface area contributed by atoms with Gasteiger partial charge in [0.1, 0.15) is 0 Å². The Hall–Kier alpha value is -1.51. The predicted octanol–water partition coefficient (Wildman–Crippen LogP) is 1.73. The van der Waals surface area contributed by atoms with Gasteiger partial charge in [0.05, 0.1) is 9.82 Å². The zero-order valence-corrected chi connectivity index (χ0v) is 12.7. The van der Waals surface area contributed by atoms with E-state index in [-0.39, 0.29) is 17.2 Å². The molecule has 0 saturated heterocycles. The molecule has 0 atom stereocenters. The van der Waals surface area contributed by atoms with Crippen molar-refractivity contribution in [2.75, 3.05) is 13.2 Å². The van der Waals surface area contributed by atoms with E-state index < -0.39 is 14.9 Å². The molecule has 1 aromatic rings. The number of sulfonamides is 1. The topological polar surface area (TPSA) is 110 Å². The minimum Gasteiger partial charge on any atom is -0.396 e. The van der Waals surface area contributed by atoms with Gasteiger partial charge < -0.3 is 5.11 Å². The van der Waals surface area contributed by atoms with Gasteiger partial charge >= 0.3 is 0 Å². The Balaban J connectivity index is 2.64. The molecule has 1 rings (SSSR count). The third-order valence-electron chi connectivity index (χ3n) is 3.04. The average Bonchev–Trinajstić information content (AvgIpc) is 2.42. The second kappa shape index (κ2) is 8.06. The summed E-state index contributed by atoms with van der Waals surface area (Å²) in [4.78, 5) is 10.1. The SMILES string of the molecule is Cc1cc([N+](=O)[O-])ccc1S(=O)(=O)NCCCCCCO. The Morgan fingerprint density at radius 2 is 1.90 bits per heavy atom. The van der Waals surface area contributed by atoms with Crippen LogP contribution in [0.5, 0.6) is 0 Å². The summed E-state index contributed by atoms with van der Waals surface area (Å²) in [6.45, 7) is 1.99. The van der Waals surface area contributed by atoms with Crippen molar-refractivity contribution in [3.05, 3.63) is 33.9 Å². The van der Waals surface area contributed by atoms with Crippen LogP contribution in [0.1, 0.15) is 31.2 Å². The van der Waals surface area contributed by atoms with E-state index in [1.807, 2.05) is 0 Å². The zero-order chi connectivity index (χ0) is 15.9. The number of aryl methyl sites for hydroxylation is 1. The molecule has 0 spiro atoms. The largest absolute Gasteiger partial charge is 0.396 e. The summed E-state index contributed by atoms with van der Waals surface area (Å²) in [6, 6.07) is 3.68. The van der Waals surface area contributed by atoms with Gasteiger partial charge in [-0.25, -0.2) is 13.1 Å². The molecule has 21 heavy (non-hydrogen) atoms. The molecule has 7 nitrogen and oxygen atoms in total. The zero-order valence-electron chi connectivity index (χ0n) is 11.9. The molecule has 0 radical (unpaired) electrons. The van der Waals surface area contributed by atoms with Crippen LogP contribution in [0.4, 0.5) is 5.69 Å². The quantitative estimate of drug-likeness (QED) is 0.409. The van der Waals surface area contributed by atoms with E-state index in [0.29, 0.717) is 24.9 Å². The van der Waals surface area contributed by atoms with E-state index in [1.54, 1.807) is 0 Å². The molecule has 8 heteroatoms. The molecule has 0 heterocycles. The highest BCUT2D eigenvalue weighted by Crippen LogP contribution is 2.20.